The van der Waals surface area contributed by atoms with E-state index < -0.39 is 5.92 Å². The van der Waals surface area contributed by atoms with Crippen molar-refractivity contribution in [2.75, 3.05) is 5.32 Å². The third-order valence-corrected chi connectivity index (χ3v) is 4.82. The summed E-state index contributed by atoms with van der Waals surface area (Å²) in [5, 5.41) is 3.00. The van der Waals surface area contributed by atoms with Gasteiger partial charge in [-0.1, -0.05) is 36.4 Å². The lowest BCUT2D eigenvalue weighted by molar-refractivity contribution is -0.116. The van der Waals surface area contributed by atoms with Gasteiger partial charge in [0, 0.05) is 29.2 Å². The van der Waals surface area contributed by atoms with Crippen molar-refractivity contribution in [2.24, 2.45) is 0 Å². The molecule has 1 aliphatic rings. The monoisotopic (exact) mass is 395 g/mol. The Morgan fingerprint density at radius 2 is 1.40 bits per heavy atom. The zero-order chi connectivity index (χ0) is 20.3. The van der Waals surface area contributed by atoms with Crippen LogP contribution in [0.2, 0.25) is 0 Å². The van der Waals surface area contributed by atoms with Crippen molar-refractivity contribution in [1.82, 2.24) is 9.97 Å². The van der Waals surface area contributed by atoms with Crippen molar-refractivity contribution in [3.63, 3.8) is 0 Å². The van der Waals surface area contributed by atoms with Gasteiger partial charge in [0.05, 0.1) is 5.92 Å². The molecular weight excluding hydrogens is 378 g/mol. The van der Waals surface area contributed by atoms with E-state index in [1.807, 2.05) is 48.5 Å². The van der Waals surface area contributed by atoms with Crippen LogP contribution in [0.4, 0.5) is 5.69 Å². The third kappa shape index (κ3) is 3.46. The average molecular weight is 395 g/mol. The molecule has 0 unspecified atom stereocenters. The molecule has 0 bridgehead atoms. The Morgan fingerprint density at radius 1 is 0.800 bits per heavy atom. The van der Waals surface area contributed by atoms with Crippen LogP contribution in [-0.2, 0) is 4.79 Å². The second-order valence-electron chi connectivity index (χ2n) is 6.76. The van der Waals surface area contributed by atoms with Gasteiger partial charge in [-0.3, -0.25) is 4.79 Å². The molecule has 4 aromatic rings. The molecule has 6 heteroatoms. The van der Waals surface area contributed by atoms with Gasteiger partial charge in [-0.15, -0.1) is 0 Å². The van der Waals surface area contributed by atoms with Gasteiger partial charge in [0.2, 0.25) is 5.91 Å². The van der Waals surface area contributed by atoms with Crippen LogP contribution in [0.25, 0.3) is 0 Å². The molecule has 0 spiro atoms. The van der Waals surface area contributed by atoms with E-state index >= 15 is 0 Å². The van der Waals surface area contributed by atoms with E-state index in [0.717, 1.165) is 11.1 Å². The molecule has 2 heterocycles. The SMILES string of the molecule is O=C(Nc1ccc(Oc2ncccn2)cc1)C1c2ccccc2Oc2ccccc21. The molecule has 3 aromatic carbocycles. The van der Waals surface area contributed by atoms with Crippen LogP contribution in [0.3, 0.4) is 0 Å². The summed E-state index contributed by atoms with van der Waals surface area (Å²) in [6.45, 7) is 0. The van der Waals surface area contributed by atoms with Crippen molar-refractivity contribution in [1.29, 1.82) is 0 Å². The lowest BCUT2D eigenvalue weighted by Gasteiger charge is -2.27. The van der Waals surface area contributed by atoms with Gasteiger partial charge in [-0.25, -0.2) is 9.97 Å². The number of aromatic nitrogens is 2. The largest absolute Gasteiger partial charge is 0.457 e. The van der Waals surface area contributed by atoms with Crippen LogP contribution in [0.15, 0.2) is 91.3 Å². The fourth-order valence-corrected chi connectivity index (χ4v) is 3.46. The number of hydrogen-bond acceptors (Lipinski definition) is 5. The van der Waals surface area contributed by atoms with Crippen LogP contribution in [-0.4, -0.2) is 15.9 Å². The number of carbonyl (C=O) groups excluding carboxylic acids is 1. The molecule has 1 aliphatic heterocycles. The van der Waals surface area contributed by atoms with E-state index in [4.69, 9.17) is 9.47 Å². The van der Waals surface area contributed by atoms with Crippen molar-refractivity contribution in [2.45, 2.75) is 5.92 Å². The quantitative estimate of drug-likeness (QED) is 0.518. The Hall–Kier alpha value is -4.19. The maximum absolute atomic E-state index is 13.3. The van der Waals surface area contributed by atoms with Gasteiger partial charge in [-0.2, -0.15) is 0 Å². The smallest absolute Gasteiger partial charge is 0.321 e. The number of carbonyl (C=O) groups is 1. The first-order valence-electron chi connectivity index (χ1n) is 9.49. The summed E-state index contributed by atoms with van der Waals surface area (Å²) < 4.78 is 11.6. The minimum atomic E-state index is -0.459. The minimum absolute atomic E-state index is 0.127. The summed E-state index contributed by atoms with van der Waals surface area (Å²) in [6, 6.07) is 24.3. The first-order valence-corrected chi connectivity index (χ1v) is 9.49. The molecule has 1 aromatic heterocycles. The van der Waals surface area contributed by atoms with E-state index in [-0.39, 0.29) is 11.9 Å². The van der Waals surface area contributed by atoms with E-state index in [1.54, 1.807) is 42.7 Å². The number of fused-ring (bicyclic) bond motifs is 2. The van der Waals surface area contributed by atoms with Crippen molar-refractivity contribution in [3.8, 4) is 23.3 Å². The number of rotatable bonds is 4. The number of para-hydroxylation sites is 2. The molecule has 0 fully saturated rings. The number of nitrogens with one attached hydrogen (secondary N) is 1. The van der Waals surface area contributed by atoms with Gasteiger partial charge >= 0.3 is 6.01 Å². The summed E-state index contributed by atoms with van der Waals surface area (Å²) in [6.07, 6.45) is 3.22. The Balaban J connectivity index is 1.38. The van der Waals surface area contributed by atoms with E-state index in [2.05, 4.69) is 15.3 Å². The summed E-state index contributed by atoms with van der Waals surface area (Å²) in [5.74, 6) is 1.39. The van der Waals surface area contributed by atoms with Crippen molar-refractivity contribution in [3.05, 3.63) is 102 Å². The van der Waals surface area contributed by atoms with E-state index in [9.17, 15) is 4.79 Å². The van der Waals surface area contributed by atoms with Gasteiger partial charge in [-0.05, 0) is 42.5 Å². The molecule has 146 valence electrons. The van der Waals surface area contributed by atoms with Gasteiger partial charge < -0.3 is 14.8 Å². The van der Waals surface area contributed by atoms with Gasteiger partial charge in [0.1, 0.15) is 17.2 Å². The van der Waals surface area contributed by atoms with Crippen molar-refractivity contribution < 1.29 is 14.3 Å². The highest BCUT2D eigenvalue weighted by Gasteiger charge is 2.32. The molecular formula is C24H17N3O3. The number of amides is 1. The summed E-state index contributed by atoms with van der Waals surface area (Å²) in [5.41, 5.74) is 2.35. The fraction of sp³-hybridized carbons (Fsp3) is 0.0417. The second kappa shape index (κ2) is 7.67. The fourth-order valence-electron chi connectivity index (χ4n) is 3.46. The highest BCUT2D eigenvalue weighted by molar-refractivity contribution is 5.99. The third-order valence-electron chi connectivity index (χ3n) is 4.82. The minimum Gasteiger partial charge on any atom is -0.457 e. The lowest BCUT2D eigenvalue weighted by atomic mass is 9.87. The predicted molar refractivity (Wildman–Crippen MR) is 112 cm³/mol. The molecule has 0 saturated carbocycles. The zero-order valence-electron chi connectivity index (χ0n) is 15.9. The molecule has 1 amide bonds. The second-order valence-corrected chi connectivity index (χ2v) is 6.76. The van der Waals surface area contributed by atoms with Crippen LogP contribution in [0.5, 0.6) is 23.3 Å². The summed E-state index contributed by atoms with van der Waals surface area (Å²) in [7, 11) is 0. The first-order chi connectivity index (χ1) is 14.8. The normalized spacial score (nSPS) is 12.3. The van der Waals surface area contributed by atoms with Crippen molar-refractivity contribution >= 4 is 11.6 Å². The van der Waals surface area contributed by atoms with Crippen LogP contribution >= 0.6 is 0 Å². The topological polar surface area (TPSA) is 73.3 Å². The highest BCUT2D eigenvalue weighted by atomic mass is 16.5. The van der Waals surface area contributed by atoms with Crippen LogP contribution in [0, 0.1) is 0 Å². The molecule has 1 N–H and O–H groups in total. The maximum Gasteiger partial charge on any atom is 0.321 e. The molecule has 0 saturated heterocycles. The first kappa shape index (κ1) is 17.9. The average Bonchev–Trinajstić information content (AvgIpc) is 2.79. The number of benzene rings is 3. The highest BCUT2D eigenvalue weighted by Crippen LogP contribution is 2.44. The number of ether oxygens (including phenoxy) is 2. The number of nitrogens with zero attached hydrogens (tertiary/aromatic N) is 2. The predicted octanol–water partition coefficient (Wildman–Crippen LogP) is 5.15. The van der Waals surface area contributed by atoms with E-state index in [1.165, 1.54) is 0 Å². The Bertz CT molecular complexity index is 1150. The Kier molecular flexibility index (Phi) is 4.57. The summed E-state index contributed by atoms with van der Waals surface area (Å²) in [4.78, 5) is 21.3. The van der Waals surface area contributed by atoms with Gasteiger partial charge in [0.25, 0.3) is 0 Å². The van der Waals surface area contributed by atoms with E-state index in [0.29, 0.717) is 22.9 Å². The lowest BCUT2D eigenvalue weighted by Crippen LogP contribution is -2.25. The zero-order valence-corrected chi connectivity index (χ0v) is 15.9. The summed E-state index contributed by atoms with van der Waals surface area (Å²) >= 11 is 0. The number of anilines is 1. The van der Waals surface area contributed by atoms with Gasteiger partial charge in [0.15, 0.2) is 0 Å². The molecule has 0 atom stereocenters. The molecule has 0 radical (unpaired) electrons. The Morgan fingerprint density at radius 3 is 2.03 bits per heavy atom. The number of hydrogen-bond donors (Lipinski definition) is 1. The maximum atomic E-state index is 13.3. The molecule has 6 nitrogen and oxygen atoms in total. The molecule has 5 rings (SSSR count). The Labute approximate surface area is 173 Å². The van der Waals surface area contributed by atoms with Crippen LogP contribution < -0.4 is 14.8 Å². The molecule has 0 aliphatic carbocycles. The van der Waals surface area contributed by atoms with Crippen LogP contribution in [0.1, 0.15) is 17.0 Å². The molecule has 30 heavy (non-hydrogen) atoms. The standard InChI is InChI=1S/C24H17N3O3/c28-23(27-16-10-12-17(13-11-16)29-24-25-14-5-15-26-24)22-18-6-1-3-8-20(18)30-21-9-4-2-7-19(21)22/h1-15,22H,(H,27,28).